The standard InChI is InChI=1S/C24H31BrN2O5S/c1-4-32-23(31)17-18-22(30)27(9-5-6-10-28)20(24(18)12-15(25)19(17)33-24)21(29)26-16-11-13(2)7-8-14(16)3/h7-8,11,15,17-20,28H,4-6,9-10,12H2,1-3H3,(H,26,29)/t15?,17-,18+,19-,20?,24?/m1/s1. The van der Waals surface area contributed by atoms with Gasteiger partial charge in [-0.2, -0.15) is 0 Å². The Balaban J connectivity index is 1.71. The van der Waals surface area contributed by atoms with Crippen LogP contribution in [0.2, 0.25) is 0 Å². The van der Waals surface area contributed by atoms with Crippen molar-refractivity contribution in [3.05, 3.63) is 29.3 Å². The summed E-state index contributed by atoms with van der Waals surface area (Å²) >= 11 is 5.33. The summed E-state index contributed by atoms with van der Waals surface area (Å²) in [5, 5.41) is 12.2. The van der Waals surface area contributed by atoms with Crippen molar-refractivity contribution in [1.29, 1.82) is 0 Å². The highest BCUT2D eigenvalue weighted by Crippen LogP contribution is 2.67. The van der Waals surface area contributed by atoms with Crippen molar-refractivity contribution in [2.75, 3.05) is 25.1 Å². The number of aliphatic hydroxyl groups excluding tert-OH is 1. The van der Waals surface area contributed by atoms with Crippen LogP contribution in [0.4, 0.5) is 5.69 Å². The minimum atomic E-state index is -0.692. The third kappa shape index (κ3) is 4.10. The molecule has 3 aliphatic heterocycles. The highest BCUT2D eigenvalue weighted by molar-refractivity contribution is 9.09. The smallest absolute Gasteiger partial charge is 0.310 e. The first-order valence-corrected chi connectivity index (χ1v) is 13.3. The predicted molar refractivity (Wildman–Crippen MR) is 131 cm³/mol. The number of halogens is 1. The second-order valence-corrected chi connectivity index (χ2v) is 11.9. The predicted octanol–water partition coefficient (Wildman–Crippen LogP) is 3.04. The van der Waals surface area contributed by atoms with Crippen molar-refractivity contribution in [2.24, 2.45) is 11.8 Å². The summed E-state index contributed by atoms with van der Waals surface area (Å²) in [6, 6.07) is 5.20. The van der Waals surface area contributed by atoms with Gasteiger partial charge in [-0.15, -0.1) is 11.8 Å². The lowest BCUT2D eigenvalue weighted by atomic mass is 9.71. The molecule has 4 rings (SSSR count). The van der Waals surface area contributed by atoms with E-state index in [4.69, 9.17) is 4.74 Å². The number of carbonyl (C=O) groups is 3. The number of ether oxygens (including phenoxy) is 1. The van der Waals surface area contributed by atoms with E-state index in [1.165, 1.54) is 0 Å². The third-order valence-corrected chi connectivity index (χ3v) is 10.3. The summed E-state index contributed by atoms with van der Waals surface area (Å²) in [6.45, 7) is 6.33. The number of thioether (sulfide) groups is 1. The summed E-state index contributed by atoms with van der Waals surface area (Å²) in [5.41, 5.74) is 2.72. The van der Waals surface area contributed by atoms with Crippen LogP contribution in [0, 0.1) is 25.7 Å². The molecular formula is C24H31BrN2O5S. The maximum Gasteiger partial charge on any atom is 0.310 e. The van der Waals surface area contributed by atoms with Crippen LogP contribution in [-0.4, -0.2) is 68.4 Å². The average Bonchev–Trinajstić information content (AvgIpc) is 3.35. The average molecular weight is 539 g/mol. The lowest BCUT2D eigenvalue weighted by molar-refractivity contribution is -0.153. The first-order valence-electron chi connectivity index (χ1n) is 11.5. The molecule has 180 valence electrons. The molecule has 0 aliphatic carbocycles. The second-order valence-electron chi connectivity index (χ2n) is 9.19. The van der Waals surface area contributed by atoms with Gasteiger partial charge in [-0.1, -0.05) is 28.1 Å². The van der Waals surface area contributed by atoms with Crippen molar-refractivity contribution < 1.29 is 24.2 Å². The van der Waals surface area contributed by atoms with Gasteiger partial charge >= 0.3 is 5.97 Å². The number of unbranched alkanes of at least 4 members (excludes halogenated alkanes) is 1. The minimum Gasteiger partial charge on any atom is -0.466 e. The number of aliphatic hydroxyl groups is 1. The van der Waals surface area contributed by atoms with E-state index in [-0.39, 0.29) is 41.1 Å². The lowest BCUT2D eigenvalue weighted by Crippen LogP contribution is -2.52. The molecule has 3 saturated heterocycles. The Kier molecular flexibility index (Phi) is 7.13. The molecule has 3 fully saturated rings. The number of likely N-dealkylation sites (tertiary alicyclic amines) is 1. The summed E-state index contributed by atoms with van der Waals surface area (Å²) < 4.78 is 4.67. The van der Waals surface area contributed by atoms with E-state index in [0.717, 1.165) is 16.8 Å². The maximum absolute atomic E-state index is 13.8. The molecule has 0 saturated carbocycles. The van der Waals surface area contributed by atoms with Gasteiger partial charge in [0, 0.05) is 28.9 Å². The number of benzene rings is 1. The molecule has 1 aromatic carbocycles. The van der Waals surface area contributed by atoms with Gasteiger partial charge in [0.1, 0.15) is 6.04 Å². The van der Waals surface area contributed by atoms with Crippen molar-refractivity contribution in [1.82, 2.24) is 4.90 Å². The molecular weight excluding hydrogens is 508 g/mol. The van der Waals surface area contributed by atoms with Crippen LogP contribution >= 0.6 is 27.7 Å². The molecule has 3 aliphatic rings. The Labute approximate surface area is 207 Å². The van der Waals surface area contributed by atoms with E-state index >= 15 is 0 Å². The first-order chi connectivity index (χ1) is 15.7. The zero-order valence-electron chi connectivity index (χ0n) is 19.2. The van der Waals surface area contributed by atoms with Gasteiger partial charge in [-0.25, -0.2) is 0 Å². The summed E-state index contributed by atoms with van der Waals surface area (Å²) in [6.07, 6.45) is 1.77. The molecule has 0 radical (unpaired) electrons. The maximum atomic E-state index is 13.8. The molecule has 9 heteroatoms. The Morgan fingerprint density at radius 3 is 2.79 bits per heavy atom. The number of hydrogen-bond donors (Lipinski definition) is 2. The number of amides is 2. The molecule has 2 N–H and O–H groups in total. The molecule has 1 aromatic rings. The summed E-state index contributed by atoms with van der Waals surface area (Å²) in [4.78, 5) is 42.1. The number of hydrogen-bond acceptors (Lipinski definition) is 6. The molecule has 3 heterocycles. The van der Waals surface area contributed by atoms with Crippen LogP contribution in [-0.2, 0) is 19.1 Å². The zero-order valence-corrected chi connectivity index (χ0v) is 21.6. The number of rotatable bonds is 8. The van der Waals surface area contributed by atoms with Crippen LogP contribution in [0.15, 0.2) is 18.2 Å². The van der Waals surface area contributed by atoms with E-state index < -0.39 is 22.6 Å². The van der Waals surface area contributed by atoms with E-state index in [1.54, 1.807) is 23.6 Å². The van der Waals surface area contributed by atoms with Gasteiger partial charge in [0.2, 0.25) is 11.8 Å². The molecule has 1 spiro atoms. The molecule has 2 bridgehead atoms. The van der Waals surface area contributed by atoms with Gasteiger partial charge in [0.05, 0.1) is 23.2 Å². The Morgan fingerprint density at radius 2 is 2.09 bits per heavy atom. The first kappa shape index (κ1) is 24.5. The minimum absolute atomic E-state index is 0.0225. The fraction of sp³-hybridized carbons (Fsp3) is 0.625. The van der Waals surface area contributed by atoms with Gasteiger partial charge in [-0.3, -0.25) is 14.4 Å². The topological polar surface area (TPSA) is 95.9 Å². The van der Waals surface area contributed by atoms with Crippen molar-refractivity contribution >= 4 is 51.2 Å². The number of nitrogens with one attached hydrogen (secondary N) is 1. The zero-order chi connectivity index (χ0) is 23.9. The normalized spacial score (nSPS) is 32.2. The number of nitrogens with zero attached hydrogens (tertiary/aromatic N) is 1. The highest BCUT2D eigenvalue weighted by Gasteiger charge is 2.75. The van der Waals surface area contributed by atoms with E-state index in [2.05, 4.69) is 21.2 Å². The largest absolute Gasteiger partial charge is 0.466 e. The Bertz CT molecular complexity index is 959. The highest BCUT2D eigenvalue weighted by atomic mass is 79.9. The van der Waals surface area contributed by atoms with Crippen LogP contribution < -0.4 is 5.32 Å². The van der Waals surface area contributed by atoms with Crippen LogP contribution in [0.1, 0.15) is 37.3 Å². The second kappa shape index (κ2) is 9.58. The number of alkyl halides is 1. The molecule has 7 nitrogen and oxygen atoms in total. The lowest BCUT2D eigenvalue weighted by Gasteiger charge is -2.35. The van der Waals surface area contributed by atoms with Gasteiger partial charge in [-0.05, 0) is 57.2 Å². The fourth-order valence-electron chi connectivity index (χ4n) is 5.64. The van der Waals surface area contributed by atoms with E-state index in [1.807, 2.05) is 32.0 Å². The van der Waals surface area contributed by atoms with Gasteiger partial charge in [0.15, 0.2) is 0 Å². The monoisotopic (exact) mass is 538 g/mol. The third-order valence-electron chi connectivity index (χ3n) is 7.05. The summed E-state index contributed by atoms with van der Waals surface area (Å²) in [5.74, 6) is -1.88. The van der Waals surface area contributed by atoms with Crippen molar-refractivity contribution in [3.8, 4) is 0 Å². The Morgan fingerprint density at radius 1 is 1.33 bits per heavy atom. The molecule has 33 heavy (non-hydrogen) atoms. The van der Waals surface area contributed by atoms with Crippen LogP contribution in [0.5, 0.6) is 0 Å². The number of fused-ring (bicyclic) bond motifs is 1. The van der Waals surface area contributed by atoms with E-state index in [0.29, 0.717) is 25.8 Å². The molecule has 0 aromatic heterocycles. The fourth-order valence-corrected chi connectivity index (χ4v) is 9.24. The van der Waals surface area contributed by atoms with Crippen molar-refractivity contribution in [3.63, 3.8) is 0 Å². The molecule has 6 atom stereocenters. The number of anilines is 1. The Hall–Kier alpha value is -1.58. The van der Waals surface area contributed by atoms with Crippen LogP contribution in [0.25, 0.3) is 0 Å². The number of carbonyl (C=O) groups excluding carboxylic acids is 3. The van der Waals surface area contributed by atoms with Crippen molar-refractivity contribution in [2.45, 2.75) is 60.9 Å². The summed E-state index contributed by atoms with van der Waals surface area (Å²) in [7, 11) is 0. The molecule has 3 unspecified atom stereocenters. The van der Waals surface area contributed by atoms with Gasteiger partial charge in [0.25, 0.3) is 0 Å². The SMILES string of the molecule is CCOC(=O)[C@H]1[C@@H]2SC3(CC2Br)C(C(=O)Nc2cc(C)ccc2C)N(CCCCO)C(=O)[C@H]13. The van der Waals surface area contributed by atoms with E-state index in [9.17, 15) is 19.5 Å². The van der Waals surface area contributed by atoms with Gasteiger partial charge < -0.3 is 20.1 Å². The number of aryl methyl sites for hydroxylation is 2. The quantitative estimate of drug-likeness (QED) is 0.300. The molecule has 2 amide bonds. The van der Waals surface area contributed by atoms with Crippen LogP contribution in [0.3, 0.4) is 0 Å². The number of esters is 1.